The number of carboxylic acid groups (broad SMARTS) is 1. The first-order valence-corrected chi connectivity index (χ1v) is 6.30. The van der Waals surface area contributed by atoms with Crippen LogP contribution in [0.4, 0.5) is 0 Å². The van der Waals surface area contributed by atoms with Gasteiger partial charge in [0.15, 0.2) is 5.82 Å². The summed E-state index contributed by atoms with van der Waals surface area (Å²) in [7, 11) is 0. The van der Waals surface area contributed by atoms with Crippen molar-refractivity contribution in [3.05, 3.63) is 11.6 Å². The third-order valence-corrected chi connectivity index (χ3v) is 3.93. The quantitative estimate of drug-likeness (QED) is 0.838. The number of carboxylic acids is 1. The summed E-state index contributed by atoms with van der Waals surface area (Å²) in [6.45, 7) is 2.11. The molecule has 0 aliphatic heterocycles. The van der Waals surface area contributed by atoms with Crippen LogP contribution in [0.2, 0.25) is 0 Å². The Morgan fingerprint density at radius 2 is 2.18 bits per heavy atom. The van der Waals surface area contributed by atoms with Gasteiger partial charge < -0.3 is 5.11 Å². The van der Waals surface area contributed by atoms with Crippen molar-refractivity contribution in [2.45, 2.75) is 44.4 Å². The molecule has 0 saturated heterocycles. The summed E-state index contributed by atoms with van der Waals surface area (Å²) in [6, 6.07) is 0. The van der Waals surface area contributed by atoms with Crippen molar-refractivity contribution >= 4 is 5.97 Å². The van der Waals surface area contributed by atoms with Gasteiger partial charge in [0.2, 0.25) is 0 Å². The van der Waals surface area contributed by atoms with Crippen LogP contribution in [0.25, 0.3) is 0 Å². The number of carbonyl (C=O) groups is 1. The number of rotatable bonds is 3. The molecule has 2 N–H and O–H groups in total. The molecule has 5 heteroatoms. The van der Waals surface area contributed by atoms with Gasteiger partial charge in [-0.05, 0) is 31.6 Å². The maximum Gasteiger partial charge on any atom is 0.307 e. The van der Waals surface area contributed by atoms with E-state index in [1.54, 1.807) is 0 Å². The molecule has 0 spiro atoms. The van der Waals surface area contributed by atoms with E-state index >= 15 is 0 Å². The van der Waals surface area contributed by atoms with E-state index in [4.69, 9.17) is 0 Å². The van der Waals surface area contributed by atoms with Crippen molar-refractivity contribution in [1.82, 2.24) is 15.2 Å². The number of aromatic amines is 1. The molecular weight excluding hydrogens is 218 g/mol. The van der Waals surface area contributed by atoms with Gasteiger partial charge in [-0.3, -0.25) is 9.89 Å². The highest BCUT2D eigenvalue weighted by atomic mass is 16.4. The topological polar surface area (TPSA) is 78.9 Å². The Bertz CT molecular complexity index is 439. The summed E-state index contributed by atoms with van der Waals surface area (Å²) in [5, 5.41) is 16.4. The number of hydrogen-bond donors (Lipinski definition) is 2. The van der Waals surface area contributed by atoms with Crippen LogP contribution in [0.15, 0.2) is 0 Å². The van der Waals surface area contributed by atoms with Gasteiger partial charge in [0.25, 0.3) is 0 Å². The van der Waals surface area contributed by atoms with Crippen molar-refractivity contribution in [3.63, 3.8) is 0 Å². The van der Waals surface area contributed by atoms with E-state index in [9.17, 15) is 9.90 Å². The molecule has 3 rings (SSSR count). The smallest absolute Gasteiger partial charge is 0.307 e. The third kappa shape index (κ3) is 1.94. The second-order valence-electron chi connectivity index (χ2n) is 5.48. The highest BCUT2D eigenvalue weighted by molar-refractivity contribution is 5.71. The molecular formula is C12H17N3O2. The molecule has 1 aromatic heterocycles. The van der Waals surface area contributed by atoms with Crippen molar-refractivity contribution < 1.29 is 9.90 Å². The lowest BCUT2D eigenvalue weighted by Crippen LogP contribution is -2.17. The van der Waals surface area contributed by atoms with Gasteiger partial charge >= 0.3 is 5.97 Å². The van der Waals surface area contributed by atoms with Gasteiger partial charge in [-0.1, -0.05) is 6.92 Å². The molecule has 2 aliphatic rings. The summed E-state index contributed by atoms with van der Waals surface area (Å²) in [5.74, 6) is 1.64. The summed E-state index contributed by atoms with van der Waals surface area (Å²) < 4.78 is 0. The SMILES string of the molecule is CC1CC(C(=O)O)C(c2nc(C3CC3)n[nH]2)C1. The first kappa shape index (κ1) is 10.7. The lowest BCUT2D eigenvalue weighted by Gasteiger charge is -2.11. The van der Waals surface area contributed by atoms with Gasteiger partial charge in [-0.15, -0.1) is 0 Å². The van der Waals surface area contributed by atoms with Gasteiger partial charge in [0.1, 0.15) is 5.82 Å². The predicted octanol–water partition coefficient (Wildman–Crippen LogP) is 1.90. The summed E-state index contributed by atoms with van der Waals surface area (Å²) in [6.07, 6.45) is 3.98. The van der Waals surface area contributed by atoms with Crippen LogP contribution in [0.3, 0.4) is 0 Å². The molecule has 2 saturated carbocycles. The van der Waals surface area contributed by atoms with Crippen LogP contribution in [0.5, 0.6) is 0 Å². The fraction of sp³-hybridized carbons (Fsp3) is 0.750. The molecule has 92 valence electrons. The Kier molecular flexibility index (Phi) is 2.42. The molecule has 0 aromatic carbocycles. The highest BCUT2D eigenvalue weighted by Gasteiger charge is 2.40. The van der Waals surface area contributed by atoms with Crippen molar-refractivity contribution in [3.8, 4) is 0 Å². The van der Waals surface area contributed by atoms with Crippen LogP contribution >= 0.6 is 0 Å². The van der Waals surface area contributed by atoms with E-state index in [0.717, 1.165) is 24.5 Å². The minimum Gasteiger partial charge on any atom is -0.481 e. The molecule has 0 amide bonds. The van der Waals surface area contributed by atoms with Crippen LogP contribution in [-0.4, -0.2) is 26.3 Å². The van der Waals surface area contributed by atoms with Gasteiger partial charge in [-0.25, -0.2) is 4.98 Å². The van der Waals surface area contributed by atoms with E-state index in [1.165, 1.54) is 12.8 Å². The average molecular weight is 235 g/mol. The van der Waals surface area contributed by atoms with Gasteiger partial charge in [0, 0.05) is 11.8 Å². The van der Waals surface area contributed by atoms with E-state index in [0.29, 0.717) is 11.8 Å². The Labute approximate surface area is 99.6 Å². The maximum absolute atomic E-state index is 11.2. The molecule has 0 bridgehead atoms. The second-order valence-corrected chi connectivity index (χ2v) is 5.48. The van der Waals surface area contributed by atoms with Crippen LogP contribution in [0.1, 0.15) is 56.1 Å². The fourth-order valence-electron chi connectivity index (χ4n) is 2.84. The Balaban J connectivity index is 1.83. The average Bonchev–Trinajstić information content (AvgIpc) is 2.88. The first-order chi connectivity index (χ1) is 8.15. The molecule has 1 heterocycles. The van der Waals surface area contributed by atoms with E-state index in [1.807, 2.05) is 0 Å². The largest absolute Gasteiger partial charge is 0.481 e. The predicted molar refractivity (Wildman–Crippen MR) is 60.6 cm³/mol. The fourth-order valence-corrected chi connectivity index (χ4v) is 2.84. The zero-order valence-electron chi connectivity index (χ0n) is 9.89. The number of aliphatic carboxylic acids is 1. The molecule has 2 fully saturated rings. The molecule has 5 nitrogen and oxygen atoms in total. The number of H-pyrrole nitrogens is 1. The molecule has 0 radical (unpaired) electrons. The lowest BCUT2D eigenvalue weighted by atomic mass is 9.96. The standard InChI is InChI=1S/C12H17N3O2/c1-6-4-8(9(5-6)12(16)17)11-13-10(14-15-11)7-2-3-7/h6-9H,2-5H2,1H3,(H,16,17)(H,13,14,15). The minimum atomic E-state index is -0.705. The van der Waals surface area contributed by atoms with E-state index < -0.39 is 5.97 Å². The van der Waals surface area contributed by atoms with E-state index in [2.05, 4.69) is 22.1 Å². The van der Waals surface area contributed by atoms with Crippen LogP contribution in [-0.2, 0) is 4.79 Å². The highest BCUT2D eigenvalue weighted by Crippen LogP contribution is 2.43. The molecule has 3 unspecified atom stereocenters. The number of hydrogen-bond acceptors (Lipinski definition) is 3. The second kappa shape index (κ2) is 3.82. The Morgan fingerprint density at radius 1 is 1.41 bits per heavy atom. The zero-order valence-corrected chi connectivity index (χ0v) is 9.89. The number of aromatic nitrogens is 3. The third-order valence-electron chi connectivity index (χ3n) is 3.93. The van der Waals surface area contributed by atoms with Crippen molar-refractivity contribution in [1.29, 1.82) is 0 Å². The summed E-state index contributed by atoms with van der Waals surface area (Å²) in [5.41, 5.74) is 0. The molecule has 17 heavy (non-hydrogen) atoms. The number of nitrogens with zero attached hydrogens (tertiary/aromatic N) is 2. The lowest BCUT2D eigenvalue weighted by molar-refractivity contribution is -0.142. The normalized spacial score (nSPS) is 32.9. The number of nitrogens with one attached hydrogen (secondary N) is 1. The summed E-state index contributed by atoms with van der Waals surface area (Å²) in [4.78, 5) is 15.7. The van der Waals surface area contributed by atoms with Gasteiger partial charge in [-0.2, -0.15) is 5.10 Å². The van der Waals surface area contributed by atoms with Crippen LogP contribution in [0, 0.1) is 11.8 Å². The van der Waals surface area contributed by atoms with Crippen molar-refractivity contribution in [2.24, 2.45) is 11.8 Å². The first-order valence-electron chi connectivity index (χ1n) is 6.30. The monoisotopic (exact) mass is 235 g/mol. The zero-order chi connectivity index (χ0) is 12.0. The molecule has 1 aromatic rings. The Morgan fingerprint density at radius 3 is 2.82 bits per heavy atom. The van der Waals surface area contributed by atoms with E-state index in [-0.39, 0.29) is 11.8 Å². The maximum atomic E-state index is 11.2. The summed E-state index contributed by atoms with van der Waals surface area (Å²) >= 11 is 0. The Hall–Kier alpha value is -1.39. The van der Waals surface area contributed by atoms with Crippen LogP contribution < -0.4 is 0 Å². The van der Waals surface area contributed by atoms with Gasteiger partial charge in [0.05, 0.1) is 5.92 Å². The minimum absolute atomic E-state index is 0.0162. The van der Waals surface area contributed by atoms with Crippen molar-refractivity contribution in [2.75, 3.05) is 0 Å². The molecule has 2 aliphatic carbocycles. The molecule has 3 atom stereocenters.